The van der Waals surface area contributed by atoms with Gasteiger partial charge in [0.05, 0.1) is 0 Å². The quantitative estimate of drug-likeness (QED) is 0.750. The first-order valence-corrected chi connectivity index (χ1v) is 9.16. The molecule has 0 aliphatic carbocycles. The highest BCUT2D eigenvalue weighted by Crippen LogP contribution is 2.25. The van der Waals surface area contributed by atoms with Gasteiger partial charge in [-0.15, -0.1) is 0 Å². The maximum Gasteiger partial charge on any atom is 0.265 e. The Morgan fingerprint density at radius 1 is 1.00 bits per heavy atom. The van der Waals surface area contributed by atoms with Crippen LogP contribution in [0.2, 0.25) is 0 Å². The molecule has 1 N–H and O–H groups in total. The van der Waals surface area contributed by atoms with Crippen LogP contribution in [0.1, 0.15) is 49.4 Å². The fourth-order valence-corrected chi connectivity index (χ4v) is 2.93. The molecule has 1 amide bonds. The molecule has 134 valence electrons. The molecular weight excluding hydrogens is 310 g/mol. The molecular formula is C22H29NO2. The number of nitrogens with one attached hydrogen (secondary N) is 1. The van der Waals surface area contributed by atoms with Crippen molar-refractivity contribution in [2.75, 3.05) is 5.32 Å². The molecule has 2 aromatic rings. The lowest BCUT2D eigenvalue weighted by molar-refractivity contribution is -0.122. The molecule has 0 heterocycles. The maximum absolute atomic E-state index is 12.8. The number of para-hydroxylation sites is 1. The predicted octanol–water partition coefficient (Wildman–Crippen LogP) is 5.22. The molecule has 0 saturated heterocycles. The van der Waals surface area contributed by atoms with Crippen molar-refractivity contribution in [2.24, 2.45) is 0 Å². The van der Waals surface area contributed by atoms with Gasteiger partial charge in [-0.05, 0) is 61.4 Å². The number of carbonyl (C=O) groups is 1. The van der Waals surface area contributed by atoms with Gasteiger partial charge in [0.15, 0.2) is 6.10 Å². The van der Waals surface area contributed by atoms with Crippen molar-refractivity contribution in [3.63, 3.8) is 0 Å². The largest absolute Gasteiger partial charge is 0.480 e. The Morgan fingerprint density at radius 3 is 2.16 bits per heavy atom. The summed E-state index contributed by atoms with van der Waals surface area (Å²) < 4.78 is 6.04. The van der Waals surface area contributed by atoms with Crippen LogP contribution in [0.15, 0.2) is 36.4 Å². The van der Waals surface area contributed by atoms with E-state index in [0.29, 0.717) is 6.42 Å². The van der Waals surface area contributed by atoms with Gasteiger partial charge in [0.25, 0.3) is 5.91 Å². The first-order valence-electron chi connectivity index (χ1n) is 9.16. The van der Waals surface area contributed by atoms with Crippen molar-refractivity contribution in [3.05, 3.63) is 58.7 Å². The van der Waals surface area contributed by atoms with Crippen LogP contribution < -0.4 is 10.1 Å². The van der Waals surface area contributed by atoms with Gasteiger partial charge in [-0.3, -0.25) is 4.79 Å². The molecule has 0 radical (unpaired) electrons. The summed E-state index contributed by atoms with van der Waals surface area (Å²) in [4.78, 5) is 12.8. The minimum atomic E-state index is -0.505. The topological polar surface area (TPSA) is 38.3 Å². The Kier molecular flexibility index (Phi) is 6.63. The number of anilines is 1. The molecule has 0 bridgehead atoms. The van der Waals surface area contributed by atoms with Crippen LogP contribution in [-0.4, -0.2) is 12.0 Å². The number of ether oxygens (including phenoxy) is 1. The monoisotopic (exact) mass is 339 g/mol. The second kappa shape index (κ2) is 8.70. The van der Waals surface area contributed by atoms with E-state index in [2.05, 4.69) is 37.4 Å². The highest BCUT2D eigenvalue weighted by molar-refractivity contribution is 5.95. The Bertz CT molecular complexity index is 715. The van der Waals surface area contributed by atoms with E-state index in [1.807, 2.05) is 39.0 Å². The van der Waals surface area contributed by atoms with E-state index in [1.165, 1.54) is 0 Å². The molecule has 0 aliphatic rings. The summed E-state index contributed by atoms with van der Waals surface area (Å²) >= 11 is 0. The lowest BCUT2D eigenvalue weighted by Crippen LogP contribution is -2.33. The lowest BCUT2D eigenvalue weighted by atomic mass is 10.0. The molecule has 0 fully saturated rings. The fraction of sp³-hybridized carbons (Fsp3) is 0.409. The minimum absolute atomic E-state index is 0.0843. The maximum atomic E-state index is 12.8. The third kappa shape index (κ3) is 4.41. The van der Waals surface area contributed by atoms with Crippen molar-refractivity contribution in [1.82, 2.24) is 0 Å². The summed E-state index contributed by atoms with van der Waals surface area (Å²) in [5.74, 6) is 0.695. The van der Waals surface area contributed by atoms with Crippen LogP contribution in [0.3, 0.4) is 0 Å². The highest BCUT2D eigenvalue weighted by atomic mass is 16.5. The molecule has 0 aliphatic heterocycles. The molecule has 0 spiro atoms. The van der Waals surface area contributed by atoms with E-state index >= 15 is 0 Å². The average molecular weight is 339 g/mol. The van der Waals surface area contributed by atoms with Gasteiger partial charge in [0.2, 0.25) is 0 Å². The molecule has 0 unspecified atom stereocenters. The van der Waals surface area contributed by atoms with E-state index < -0.39 is 6.10 Å². The van der Waals surface area contributed by atoms with Gasteiger partial charge in [-0.1, -0.05) is 51.1 Å². The number of rotatable bonds is 7. The third-order valence-corrected chi connectivity index (χ3v) is 4.73. The smallest absolute Gasteiger partial charge is 0.265 e. The molecule has 2 rings (SSSR count). The molecule has 2 aromatic carbocycles. The molecule has 1 atom stereocenters. The van der Waals surface area contributed by atoms with Crippen molar-refractivity contribution in [2.45, 2.75) is 60.0 Å². The van der Waals surface area contributed by atoms with E-state index in [4.69, 9.17) is 4.74 Å². The number of benzene rings is 2. The summed E-state index contributed by atoms with van der Waals surface area (Å²) in [6.07, 6.45) is 1.89. The number of hydrogen-bond acceptors (Lipinski definition) is 2. The van der Waals surface area contributed by atoms with Gasteiger partial charge in [-0.25, -0.2) is 0 Å². The molecule has 0 saturated carbocycles. The first-order chi connectivity index (χ1) is 12.0. The zero-order valence-corrected chi connectivity index (χ0v) is 16.0. The van der Waals surface area contributed by atoms with Gasteiger partial charge in [0, 0.05) is 5.69 Å². The predicted molar refractivity (Wildman–Crippen MR) is 104 cm³/mol. The highest BCUT2D eigenvalue weighted by Gasteiger charge is 2.21. The lowest BCUT2D eigenvalue weighted by Gasteiger charge is -2.21. The van der Waals surface area contributed by atoms with Gasteiger partial charge in [-0.2, -0.15) is 0 Å². The van der Waals surface area contributed by atoms with Gasteiger partial charge in [0.1, 0.15) is 5.75 Å². The SMILES string of the molecule is CCc1cccc(CC)c1NC(=O)[C@H](CC)Oc1cccc(C)c1C. The summed E-state index contributed by atoms with van der Waals surface area (Å²) in [7, 11) is 0. The van der Waals surface area contributed by atoms with E-state index in [1.54, 1.807) is 0 Å². The Balaban J connectivity index is 2.22. The van der Waals surface area contributed by atoms with Crippen molar-refractivity contribution in [1.29, 1.82) is 0 Å². The molecule has 25 heavy (non-hydrogen) atoms. The Hall–Kier alpha value is -2.29. The minimum Gasteiger partial charge on any atom is -0.480 e. The van der Waals surface area contributed by atoms with Crippen LogP contribution in [0.4, 0.5) is 5.69 Å². The van der Waals surface area contributed by atoms with Crippen LogP contribution in [0, 0.1) is 13.8 Å². The van der Waals surface area contributed by atoms with Crippen molar-refractivity contribution < 1.29 is 9.53 Å². The van der Waals surface area contributed by atoms with E-state index in [9.17, 15) is 4.79 Å². The zero-order chi connectivity index (χ0) is 18.4. The molecule has 0 aromatic heterocycles. The number of aryl methyl sites for hydroxylation is 3. The molecule has 3 nitrogen and oxygen atoms in total. The average Bonchev–Trinajstić information content (AvgIpc) is 2.62. The van der Waals surface area contributed by atoms with E-state index in [0.717, 1.165) is 46.5 Å². The first kappa shape index (κ1) is 19.0. The van der Waals surface area contributed by atoms with E-state index in [-0.39, 0.29) is 5.91 Å². The second-order valence-electron chi connectivity index (χ2n) is 6.36. The van der Waals surface area contributed by atoms with Gasteiger partial charge < -0.3 is 10.1 Å². The van der Waals surface area contributed by atoms with Crippen LogP contribution >= 0.6 is 0 Å². The Labute approximate surface area is 151 Å². The summed E-state index contributed by atoms with van der Waals surface area (Å²) in [6, 6.07) is 12.1. The van der Waals surface area contributed by atoms with Crippen LogP contribution in [0.25, 0.3) is 0 Å². The fourth-order valence-electron chi connectivity index (χ4n) is 2.93. The number of amides is 1. The van der Waals surface area contributed by atoms with Gasteiger partial charge >= 0.3 is 0 Å². The Morgan fingerprint density at radius 2 is 1.60 bits per heavy atom. The zero-order valence-electron chi connectivity index (χ0n) is 16.0. The van der Waals surface area contributed by atoms with Crippen molar-refractivity contribution in [3.8, 4) is 5.75 Å². The van der Waals surface area contributed by atoms with Crippen LogP contribution in [0.5, 0.6) is 5.75 Å². The normalized spacial score (nSPS) is 11.9. The standard InChI is InChI=1S/C22H29NO2/c1-6-17-12-10-13-18(7-2)21(17)23-22(24)19(8-3)25-20-14-9-11-15(4)16(20)5/h9-14,19H,6-8H2,1-5H3,(H,23,24)/t19-/m0/s1. The third-order valence-electron chi connectivity index (χ3n) is 4.73. The summed E-state index contributed by atoms with van der Waals surface area (Å²) in [5.41, 5.74) is 5.51. The van der Waals surface area contributed by atoms with Crippen LogP contribution in [-0.2, 0) is 17.6 Å². The summed E-state index contributed by atoms with van der Waals surface area (Å²) in [6.45, 7) is 10.3. The second-order valence-corrected chi connectivity index (χ2v) is 6.36. The summed E-state index contributed by atoms with van der Waals surface area (Å²) in [5, 5.41) is 3.12. The van der Waals surface area contributed by atoms with Crippen molar-refractivity contribution >= 4 is 11.6 Å². The molecule has 3 heteroatoms. The number of hydrogen-bond donors (Lipinski definition) is 1. The number of carbonyl (C=O) groups excluding carboxylic acids is 1.